The fraction of sp³-hybridized carbons (Fsp3) is 0.538. The minimum absolute atomic E-state index is 0.107. The summed E-state index contributed by atoms with van der Waals surface area (Å²) in [6.45, 7) is 1.51. The van der Waals surface area contributed by atoms with Crippen molar-refractivity contribution in [1.82, 2.24) is 10.6 Å². The first-order chi connectivity index (χ1) is 10.0. The molecule has 2 heterocycles. The van der Waals surface area contributed by atoms with E-state index in [4.69, 9.17) is 19.0 Å². The molecule has 1 unspecified atom stereocenters. The van der Waals surface area contributed by atoms with Crippen molar-refractivity contribution in [3.05, 3.63) is 23.7 Å². The van der Waals surface area contributed by atoms with Gasteiger partial charge in [0.05, 0.1) is 19.7 Å². The second-order valence-electron chi connectivity index (χ2n) is 4.80. The third-order valence-electron chi connectivity index (χ3n) is 3.37. The summed E-state index contributed by atoms with van der Waals surface area (Å²) in [7, 11) is 1.59. The third kappa shape index (κ3) is 3.96. The number of ether oxygens (including phenoxy) is 2. The third-order valence-corrected chi connectivity index (χ3v) is 3.37. The molecule has 0 radical (unpaired) electrons. The number of methoxy groups -OCH3 is 1. The summed E-state index contributed by atoms with van der Waals surface area (Å²) in [6.07, 6.45) is 0.726. The van der Waals surface area contributed by atoms with Crippen molar-refractivity contribution in [3.63, 3.8) is 0 Å². The molecule has 8 heteroatoms. The van der Waals surface area contributed by atoms with Crippen LogP contribution in [0.2, 0.25) is 0 Å². The van der Waals surface area contributed by atoms with E-state index < -0.39 is 11.6 Å². The predicted octanol–water partition coefficient (Wildman–Crippen LogP) is 0.583. The van der Waals surface area contributed by atoms with E-state index in [-0.39, 0.29) is 18.3 Å². The monoisotopic (exact) mass is 298 g/mol. The maximum Gasteiger partial charge on any atom is 0.371 e. The largest absolute Gasteiger partial charge is 0.475 e. The van der Waals surface area contributed by atoms with Crippen molar-refractivity contribution >= 4 is 12.0 Å². The lowest BCUT2D eigenvalue weighted by Gasteiger charge is -2.25. The molecule has 0 aliphatic carbocycles. The quantitative estimate of drug-likeness (QED) is 0.708. The van der Waals surface area contributed by atoms with E-state index in [1.807, 2.05) is 0 Å². The van der Waals surface area contributed by atoms with E-state index in [1.54, 1.807) is 7.11 Å². The summed E-state index contributed by atoms with van der Waals surface area (Å²) in [5, 5.41) is 14.0. The SMILES string of the molecule is COC1(CNC(=O)NCc2ccc(C(=O)O)o2)CCOC1. The van der Waals surface area contributed by atoms with Crippen molar-refractivity contribution < 1.29 is 28.6 Å². The molecular weight excluding hydrogens is 280 g/mol. The minimum atomic E-state index is -1.14. The standard InChI is InChI=1S/C13H18N2O6/c1-19-13(4-5-20-8-13)7-15-12(18)14-6-9-2-3-10(21-9)11(16)17/h2-3H,4-8H2,1H3,(H,16,17)(H2,14,15,18). The number of rotatable bonds is 6. The van der Waals surface area contributed by atoms with E-state index >= 15 is 0 Å². The molecule has 1 saturated heterocycles. The molecule has 21 heavy (non-hydrogen) atoms. The van der Waals surface area contributed by atoms with Crippen LogP contribution < -0.4 is 10.6 Å². The molecule has 1 fully saturated rings. The lowest BCUT2D eigenvalue weighted by atomic mass is 10.0. The predicted molar refractivity (Wildman–Crippen MR) is 71.1 cm³/mol. The molecule has 3 N–H and O–H groups in total. The van der Waals surface area contributed by atoms with E-state index in [0.29, 0.717) is 25.5 Å². The fourth-order valence-electron chi connectivity index (χ4n) is 2.02. The number of furan rings is 1. The van der Waals surface area contributed by atoms with Gasteiger partial charge in [-0.3, -0.25) is 0 Å². The Kier molecular flexibility index (Phi) is 4.81. The van der Waals surface area contributed by atoms with Crippen LogP contribution in [0.3, 0.4) is 0 Å². The zero-order chi connectivity index (χ0) is 15.3. The second kappa shape index (κ2) is 6.59. The van der Waals surface area contributed by atoms with Gasteiger partial charge in [0.2, 0.25) is 5.76 Å². The average molecular weight is 298 g/mol. The van der Waals surface area contributed by atoms with E-state index in [1.165, 1.54) is 12.1 Å². The van der Waals surface area contributed by atoms with Crippen LogP contribution in [0.1, 0.15) is 22.7 Å². The molecule has 0 bridgehead atoms. The van der Waals surface area contributed by atoms with Crippen LogP contribution in [0.4, 0.5) is 4.79 Å². The summed E-state index contributed by atoms with van der Waals surface area (Å²) in [5.41, 5.74) is -0.474. The normalized spacial score (nSPS) is 21.2. The van der Waals surface area contributed by atoms with Gasteiger partial charge in [-0.1, -0.05) is 0 Å². The highest BCUT2D eigenvalue weighted by molar-refractivity contribution is 5.84. The van der Waals surface area contributed by atoms with Crippen LogP contribution in [-0.4, -0.2) is 49.6 Å². The number of aromatic carboxylic acids is 1. The molecule has 2 rings (SSSR count). The van der Waals surface area contributed by atoms with Gasteiger partial charge in [0, 0.05) is 20.1 Å². The molecule has 0 saturated carbocycles. The molecule has 2 amide bonds. The molecule has 0 aromatic carbocycles. The smallest absolute Gasteiger partial charge is 0.371 e. The van der Waals surface area contributed by atoms with Gasteiger partial charge in [-0.25, -0.2) is 9.59 Å². The van der Waals surface area contributed by atoms with Crippen LogP contribution in [0.5, 0.6) is 0 Å². The average Bonchev–Trinajstić information content (AvgIpc) is 3.12. The van der Waals surface area contributed by atoms with Crippen molar-refractivity contribution in [3.8, 4) is 0 Å². The van der Waals surface area contributed by atoms with E-state index in [9.17, 15) is 9.59 Å². The second-order valence-corrected chi connectivity index (χ2v) is 4.80. The first-order valence-electron chi connectivity index (χ1n) is 6.51. The highest BCUT2D eigenvalue weighted by Gasteiger charge is 2.35. The number of amides is 2. The number of urea groups is 1. The van der Waals surface area contributed by atoms with Crippen LogP contribution in [0.15, 0.2) is 16.5 Å². The molecule has 0 spiro atoms. The molecule has 8 nitrogen and oxygen atoms in total. The van der Waals surface area contributed by atoms with Gasteiger partial charge in [0.15, 0.2) is 0 Å². The maximum atomic E-state index is 11.7. The highest BCUT2D eigenvalue weighted by atomic mass is 16.5. The lowest BCUT2D eigenvalue weighted by molar-refractivity contribution is -0.0137. The lowest BCUT2D eigenvalue weighted by Crippen LogP contribution is -2.47. The highest BCUT2D eigenvalue weighted by Crippen LogP contribution is 2.21. The van der Waals surface area contributed by atoms with Crippen molar-refractivity contribution in [2.45, 2.75) is 18.6 Å². The van der Waals surface area contributed by atoms with Gasteiger partial charge in [-0.15, -0.1) is 0 Å². The molecule has 1 aromatic rings. The van der Waals surface area contributed by atoms with Gasteiger partial charge in [0.25, 0.3) is 0 Å². The molecule has 1 aliphatic rings. The Hall–Kier alpha value is -2.06. The Labute approximate surface area is 121 Å². The Bertz CT molecular complexity index is 507. The van der Waals surface area contributed by atoms with Crippen molar-refractivity contribution in [2.24, 2.45) is 0 Å². The Morgan fingerprint density at radius 3 is 2.81 bits per heavy atom. The Morgan fingerprint density at radius 1 is 1.43 bits per heavy atom. The number of nitrogens with one attached hydrogen (secondary N) is 2. The van der Waals surface area contributed by atoms with Gasteiger partial charge >= 0.3 is 12.0 Å². The Balaban J connectivity index is 1.75. The number of carboxylic acid groups (broad SMARTS) is 1. The van der Waals surface area contributed by atoms with Gasteiger partial charge in [-0.05, 0) is 12.1 Å². The number of hydrogen-bond acceptors (Lipinski definition) is 5. The first-order valence-corrected chi connectivity index (χ1v) is 6.51. The first kappa shape index (κ1) is 15.3. The summed E-state index contributed by atoms with van der Waals surface area (Å²) in [6, 6.07) is 2.46. The van der Waals surface area contributed by atoms with Crippen LogP contribution >= 0.6 is 0 Å². The molecular formula is C13H18N2O6. The van der Waals surface area contributed by atoms with Gasteiger partial charge in [-0.2, -0.15) is 0 Å². The molecule has 1 atom stereocenters. The number of carboxylic acids is 1. The van der Waals surface area contributed by atoms with Gasteiger partial charge in [0.1, 0.15) is 11.4 Å². The molecule has 1 aliphatic heterocycles. The minimum Gasteiger partial charge on any atom is -0.475 e. The summed E-state index contributed by atoms with van der Waals surface area (Å²) < 4.78 is 15.7. The van der Waals surface area contributed by atoms with Crippen LogP contribution in [0, 0.1) is 0 Å². The maximum absolute atomic E-state index is 11.7. The number of carbonyl (C=O) groups is 2. The van der Waals surface area contributed by atoms with E-state index in [2.05, 4.69) is 10.6 Å². The zero-order valence-electron chi connectivity index (χ0n) is 11.7. The summed E-state index contributed by atoms with van der Waals surface area (Å²) in [4.78, 5) is 22.3. The zero-order valence-corrected chi connectivity index (χ0v) is 11.7. The molecule has 1 aromatic heterocycles. The van der Waals surface area contributed by atoms with Crippen LogP contribution in [-0.2, 0) is 16.0 Å². The number of hydrogen-bond donors (Lipinski definition) is 3. The van der Waals surface area contributed by atoms with Crippen LogP contribution in [0.25, 0.3) is 0 Å². The van der Waals surface area contributed by atoms with Crippen molar-refractivity contribution in [2.75, 3.05) is 26.9 Å². The summed E-state index contributed by atoms with van der Waals surface area (Å²) >= 11 is 0. The summed E-state index contributed by atoms with van der Waals surface area (Å²) in [5.74, 6) is -0.934. The van der Waals surface area contributed by atoms with E-state index in [0.717, 1.165) is 6.42 Å². The number of carbonyl (C=O) groups excluding carboxylic acids is 1. The Morgan fingerprint density at radius 2 is 2.24 bits per heavy atom. The van der Waals surface area contributed by atoms with Gasteiger partial charge < -0.3 is 29.6 Å². The molecule has 116 valence electrons. The van der Waals surface area contributed by atoms with Crippen molar-refractivity contribution in [1.29, 1.82) is 0 Å². The fourth-order valence-corrected chi connectivity index (χ4v) is 2.02. The topological polar surface area (TPSA) is 110 Å².